The summed E-state index contributed by atoms with van der Waals surface area (Å²) in [6, 6.07) is 10.7. The zero-order valence-corrected chi connectivity index (χ0v) is 14.8. The summed E-state index contributed by atoms with van der Waals surface area (Å²) in [7, 11) is 0. The van der Waals surface area contributed by atoms with Crippen molar-refractivity contribution in [3.8, 4) is 10.7 Å². The van der Waals surface area contributed by atoms with E-state index in [-0.39, 0.29) is 0 Å². The fourth-order valence-electron chi connectivity index (χ4n) is 2.93. The molecule has 25 heavy (non-hydrogen) atoms. The van der Waals surface area contributed by atoms with Gasteiger partial charge >= 0.3 is 0 Å². The topological polar surface area (TPSA) is 85.8 Å². The molecule has 8 heteroatoms. The molecule has 1 aromatic carbocycles. The Morgan fingerprint density at radius 1 is 1.32 bits per heavy atom. The van der Waals surface area contributed by atoms with Crippen LogP contribution in [0.3, 0.4) is 0 Å². The first-order chi connectivity index (χ1) is 12.0. The molecule has 1 aliphatic heterocycles. The lowest BCUT2D eigenvalue weighted by molar-refractivity contribution is -0.115. The van der Waals surface area contributed by atoms with E-state index in [1.807, 2.05) is 36.6 Å². The zero-order chi connectivity index (χ0) is 17.6. The van der Waals surface area contributed by atoms with Crippen LogP contribution in [-0.4, -0.2) is 20.7 Å². The summed E-state index contributed by atoms with van der Waals surface area (Å²) in [5.41, 5.74) is 7.64. The number of aromatic nitrogens is 3. The highest BCUT2D eigenvalue weighted by Crippen LogP contribution is 2.36. The van der Waals surface area contributed by atoms with Crippen molar-refractivity contribution < 1.29 is 4.79 Å². The van der Waals surface area contributed by atoms with Crippen LogP contribution in [-0.2, 0) is 4.79 Å². The van der Waals surface area contributed by atoms with E-state index < -0.39 is 11.9 Å². The molecule has 6 nitrogen and oxygen atoms in total. The fraction of sp³-hybridized carbons (Fsp3) is 0.118. The molecule has 0 spiro atoms. The van der Waals surface area contributed by atoms with Crippen LogP contribution in [0, 0.1) is 0 Å². The van der Waals surface area contributed by atoms with Gasteiger partial charge in [-0.25, -0.2) is 4.68 Å². The number of carbonyl (C=O) groups is 1. The largest absolute Gasteiger partial charge is 0.366 e. The van der Waals surface area contributed by atoms with E-state index in [2.05, 4.69) is 15.4 Å². The number of nitrogens with one attached hydrogen (secondary N) is 1. The van der Waals surface area contributed by atoms with Crippen LogP contribution >= 0.6 is 22.9 Å². The first kappa shape index (κ1) is 15.9. The minimum atomic E-state index is -0.497. The Bertz CT molecular complexity index is 975. The molecule has 0 bridgehead atoms. The number of halogens is 1. The Morgan fingerprint density at radius 3 is 2.72 bits per heavy atom. The van der Waals surface area contributed by atoms with Gasteiger partial charge in [0, 0.05) is 10.7 Å². The number of allylic oxidation sites excluding steroid dienone is 1. The Balaban J connectivity index is 1.89. The van der Waals surface area contributed by atoms with Gasteiger partial charge in [-0.05, 0) is 36.1 Å². The first-order valence-electron chi connectivity index (χ1n) is 7.58. The number of thiophene rings is 1. The van der Waals surface area contributed by atoms with Crippen LogP contribution in [0.4, 0.5) is 5.95 Å². The van der Waals surface area contributed by atoms with Crippen molar-refractivity contribution in [2.45, 2.75) is 13.0 Å². The third-order valence-electron chi connectivity index (χ3n) is 4.05. The van der Waals surface area contributed by atoms with Gasteiger partial charge in [-0.3, -0.25) is 4.79 Å². The second-order valence-corrected chi connectivity index (χ2v) is 7.05. The summed E-state index contributed by atoms with van der Waals surface area (Å²) in [6.45, 7) is 1.81. The highest BCUT2D eigenvalue weighted by molar-refractivity contribution is 7.13. The average Bonchev–Trinajstić information content (AvgIpc) is 3.23. The number of benzene rings is 1. The summed E-state index contributed by atoms with van der Waals surface area (Å²) < 4.78 is 1.70. The van der Waals surface area contributed by atoms with E-state index in [9.17, 15) is 4.79 Å². The number of nitrogens with two attached hydrogens (primary N) is 1. The van der Waals surface area contributed by atoms with Crippen LogP contribution in [0.5, 0.6) is 0 Å². The van der Waals surface area contributed by atoms with Crippen LogP contribution in [0.25, 0.3) is 10.7 Å². The minimum Gasteiger partial charge on any atom is -0.366 e. The number of fused-ring (bicyclic) bond motifs is 1. The number of amides is 1. The molecule has 0 saturated heterocycles. The number of carbonyl (C=O) groups excluding carboxylic acids is 1. The summed E-state index contributed by atoms with van der Waals surface area (Å²) in [4.78, 5) is 17.6. The predicted molar refractivity (Wildman–Crippen MR) is 98.4 cm³/mol. The summed E-state index contributed by atoms with van der Waals surface area (Å²) in [5.74, 6) is 0.685. The first-order valence-corrected chi connectivity index (χ1v) is 8.84. The maximum absolute atomic E-state index is 12.1. The molecule has 0 unspecified atom stereocenters. The summed E-state index contributed by atoms with van der Waals surface area (Å²) >= 11 is 7.56. The fourth-order valence-corrected chi connectivity index (χ4v) is 3.71. The molecule has 0 saturated carbocycles. The Morgan fingerprint density at radius 2 is 2.08 bits per heavy atom. The van der Waals surface area contributed by atoms with Crippen LogP contribution in [0.15, 0.2) is 53.0 Å². The maximum Gasteiger partial charge on any atom is 0.248 e. The Kier molecular flexibility index (Phi) is 3.82. The Hall–Kier alpha value is -2.64. The van der Waals surface area contributed by atoms with Gasteiger partial charge < -0.3 is 11.1 Å². The third-order valence-corrected chi connectivity index (χ3v) is 5.16. The molecule has 0 aliphatic carbocycles. The van der Waals surface area contributed by atoms with E-state index in [0.29, 0.717) is 28.1 Å². The normalized spacial score (nSPS) is 16.5. The molecule has 0 radical (unpaired) electrons. The lowest BCUT2D eigenvalue weighted by Gasteiger charge is -2.27. The number of nitrogens with zero attached hydrogens (tertiary/aromatic N) is 3. The molecule has 2 aromatic heterocycles. The molecule has 3 aromatic rings. The second kappa shape index (κ2) is 6.02. The molecule has 3 N–H and O–H groups in total. The molecule has 1 amide bonds. The zero-order valence-electron chi connectivity index (χ0n) is 13.2. The van der Waals surface area contributed by atoms with E-state index in [4.69, 9.17) is 17.3 Å². The van der Waals surface area contributed by atoms with Crippen molar-refractivity contribution in [3.05, 3.63) is 63.6 Å². The lowest BCUT2D eigenvalue weighted by Crippen LogP contribution is -2.31. The maximum atomic E-state index is 12.1. The number of hydrogen-bond donors (Lipinski definition) is 2. The van der Waals surface area contributed by atoms with Crippen molar-refractivity contribution in [2.24, 2.45) is 5.73 Å². The molecule has 126 valence electrons. The SMILES string of the molecule is CC1=C(C(N)=O)[C@@H](c2ccc(Cl)cc2)n2nc(-c3cccs3)nc2N1. The molecule has 4 rings (SSSR count). The lowest BCUT2D eigenvalue weighted by atomic mass is 9.95. The van der Waals surface area contributed by atoms with Crippen LogP contribution in [0.1, 0.15) is 18.5 Å². The number of primary amides is 1. The molecule has 1 aliphatic rings. The van der Waals surface area contributed by atoms with Gasteiger partial charge in [0.15, 0.2) is 5.82 Å². The molecule has 1 atom stereocenters. The predicted octanol–water partition coefficient (Wildman–Crippen LogP) is 3.43. The monoisotopic (exact) mass is 371 g/mol. The summed E-state index contributed by atoms with van der Waals surface area (Å²) in [6.07, 6.45) is 0. The van der Waals surface area contributed by atoms with Gasteiger partial charge in [-0.15, -0.1) is 16.4 Å². The van der Waals surface area contributed by atoms with Gasteiger partial charge in [0.05, 0.1) is 10.5 Å². The van der Waals surface area contributed by atoms with Crippen molar-refractivity contribution in [2.75, 3.05) is 5.32 Å². The van der Waals surface area contributed by atoms with Crippen molar-refractivity contribution in [1.82, 2.24) is 14.8 Å². The van der Waals surface area contributed by atoms with Gasteiger partial charge in [0.1, 0.15) is 6.04 Å². The quantitative estimate of drug-likeness (QED) is 0.738. The minimum absolute atomic E-state index is 0.452. The van der Waals surface area contributed by atoms with Gasteiger partial charge in [-0.2, -0.15) is 4.98 Å². The van der Waals surface area contributed by atoms with Gasteiger partial charge in [0.2, 0.25) is 11.9 Å². The number of anilines is 1. The van der Waals surface area contributed by atoms with Crippen molar-refractivity contribution in [3.63, 3.8) is 0 Å². The average molecular weight is 372 g/mol. The van der Waals surface area contributed by atoms with E-state index in [1.54, 1.807) is 28.2 Å². The molecule has 3 heterocycles. The van der Waals surface area contributed by atoms with E-state index in [0.717, 1.165) is 10.4 Å². The smallest absolute Gasteiger partial charge is 0.248 e. The number of hydrogen-bond acceptors (Lipinski definition) is 5. The highest BCUT2D eigenvalue weighted by atomic mass is 35.5. The van der Waals surface area contributed by atoms with Crippen LogP contribution < -0.4 is 11.1 Å². The highest BCUT2D eigenvalue weighted by Gasteiger charge is 2.33. The standard InChI is InChI=1S/C17H14ClN5OS/c1-9-13(15(19)24)14(10-4-6-11(18)7-5-10)23-17(20-9)21-16(22-23)12-3-2-8-25-12/h2-8,14H,1H3,(H2,19,24)(H,20,21,22)/t14-/m1/s1. The van der Waals surface area contributed by atoms with Crippen molar-refractivity contribution >= 4 is 34.8 Å². The second-order valence-electron chi connectivity index (χ2n) is 5.66. The van der Waals surface area contributed by atoms with Crippen LogP contribution in [0.2, 0.25) is 5.02 Å². The number of rotatable bonds is 3. The third kappa shape index (κ3) is 2.71. The molecular formula is C17H14ClN5OS. The summed E-state index contributed by atoms with van der Waals surface area (Å²) in [5, 5.41) is 10.3. The van der Waals surface area contributed by atoms with Crippen molar-refractivity contribution in [1.29, 1.82) is 0 Å². The Labute approximate surface area is 152 Å². The van der Waals surface area contributed by atoms with E-state index >= 15 is 0 Å². The molecular weight excluding hydrogens is 358 g/mol. The van der Waals surface area contributed by atoms with Gasteiger partial charge in [0.25, 0.3) is 0 Å². The van der Waals surface area contributed by atoms with E-state index in [1.165, 1.54) is 0 Å². The molecule has 0 fully saturated rings. The van der Waals surface area contributed by atoms with Gasteiger partial charge in [-0.1, -0.05) is 29.8 Å².